The Hall–Kier alpha value is -1.55. The van der Waals surface area contributed by atoms with Gasteiger partial charge < -0.3 is 15.5 Å². The standard InChI is InChI=1S/C12H17NO3/c1-3-10(14)7-13-9-4-5-11(12(15)16)8(2)6-9/h4-6,10,13-14H,3,7H2,1-2H3,(H,15,16). The van der Waals surface area contributed by atoms with E-state index in [1.54, 1.807) is 25.1 Å². The molecule has 0 radical (unpaired) electrons. The quantitative estimate of drug-likeness (QED) is 0.712. The average molecular weight is 223 g/mol. The number of nitrogens with one attached hydrogen (secondary N) is 1. The highest BCUT2D eigenvalue weighted by Crippen LogP contribution is 2.15. The van der Waals surface area contributed by atoms with Gasteiger partial charge in [-0.05, 0) is 37.1 Å². The van der Waals surface area contributed by atoms with E-state index < -0.39 is 5.97 Å². The number of aromatic carboxylic acids is 1. The van der Waals surface area contributed by atoms with Gasteiger partial charge in [0.15, 0.2) is 0 Å². The molecule has 0 heterocycles. The number of carbonyl (C=O) groups is 1. The molecule has 4 nitrogen and oxygen atoms in total. The van der Waals surface area contributed by atoms with E-state index in [0.29, 0.717) is 24.1 Å². The maximum Gasteiger partial charge on any atom is 0.335 e. The molecule has 0 aliphatic rings. The van der Waals surface area contributed by atoms with E-state index in [1.165, 1.54) is 0 Å². The molecule has 0 spiro atoms. The fraction of sp³-hybridized carbons (Fsp3) is 0.417. The molecule has 0 aromatic heterocycles. The maximum atomic E-state index is 10.8. The largest absolute Gasteiger partial charge is 0.478 e. The van der Waals surface area contributed by atoms with Crippen LogP contribution in [0.1, 0.15) is 29.3 Å². The van der Waals surface area contributed by atoms with E-state index in [9.17, 15) is 9.90 Å². The Labute approximate surface area is 94.9 Å². The number of hydrogen-bond acceptors (Lipinski definition) is 3. The van der Waals surface area contributed by atoms with Gasteiger partial charge in [0.1, 0.15) is 0 Å². The molecule has 1 unspecified atom stereocenters. The van der Waals surface area contributed by atoms with Gasteiger partial charge in [0.2, 0.25) is 0 Å². The van der Waals surface area contributed by atoms with Crippen LogP contribution in [0.25, 0.3) is 0 Å². The number of rotatable bonds is 5. The van der Waals surface area contributed by atoms with Crippen molar-refractivity contribution >= 4 is 11.7 Å². The zero-order valence-corrected chi connectivity index (χ0v) is 9.53. The smallest absolute Gasteiger partial charge is 0.335 e. The lowest BCUT2D eigenvalue weighted by Gasteiger charge is -2.11. The fourth-order valence-electron chi connectivity index (χ4n) is 1.39. The molecule has 0 saturated heterocycles. The molecule has 0 aliphatic carbocycles. The third-order valence-electron chi connectivity index (χ3n) is 2.47. The van der Waals surface area contributed by atoms with Gasteiger partial charge in [0, 0.05) is 12.2 Å². The number of aryl methyl sites for hydroxylation is 1. The van der Waals surface area contributed by atoms with Crippen LogP contribution in [0.2, 0.25) is 0 Å². The summed E-state index contributed by atoms with van der Waals surface area (Å²) in [6.45, 7) is 4.14. The minimum absolute atomic E-state index is 0.307. The number of carboxylic acid groups (broad SMARTS) is 1. The highest BCUT2D eigenvalue weighted by atomic mass is 16.4. The number of benzene rings is 1. The van der Waals surface area contributed by atoms with Crippen molar-refractivity contribution in [3.05, 3.63) is 29.3 Å². The Morgan fingerprint density at radius 3 is 2.69 bits per heavy atom. The number of aliphatic hydroxyl groups is 1. The van der Waals surface area contributed by atoms with Crippen LogP contribution in [0.15, 0.2) is 18.2 Å². The highest BCUT2D eigenvalue weighted by Gasteiger charge is 2.07. The normalized spacial score (nSPS) is 12.2. The van der Waals surface area contributed by atoms with Crippen LogP contribution in [-0.4, -0.2) is 28.8 Å². The van der Waals surface area contributed by atoms with Gasteiger partial charge in [-0.3, -0.25) is 0 Å². The number of anilines is 1. The lowest BCUT2D eigenvalue weighted by molar-refractivity contribution is 0.0696. The van der Waals surface area contributed by atoms with Crippen LogP contribution < -0.4 is 5.32 Å². The summed E-state index contributed by atoms with van der Waals surface area (Å²) in [4.78, 5) is 10.8. The van der Waals surface area contributed by atoms with Crippen LogP contribution in [0, 0.1) is 6.92 Å². The third-order valence-corrected chi connectivity index (χ3v) is 2.47. The van der Waals surface area contributed by atoms with Crippen molar-refractivity contribution in [1.29, 1.82) is 0 Å². The Morgan fingerprint density at radius 2 is 2.19 bits per heavy atom. The summed E-state index contributed by atoms with van der Waals surface area (Å²) in [5.41, 5.74) is 1.85. The summed E-state index contributed by atoms with van der Waals surface area (Å²) in [6.07, 6.45) is 0.318. The van der Waals surface area contributed by atoms with E-state index in [4.69, 9.17) is 5.11 Å². The first-order chi connectivity index (χ1) is 7.54. The van der Waals surface area contributed by atoms with E-state index in [-0.39, 0.29) is 6.10 Å². The molecule has 16 heavy (non-hydrogen) atoms. The summed E-state index contributed by atoms with van der Waals surface area (Å²) >= 11 is 0. The highest BCUT2D eigenvalue weighted by molar-refractivity contribution is 5.89. The Kier molecular flexibility index (Phi) is 4.31. The van der Waals surface area contributed by atoms with Crippen LogP contribution in [0.3, 0.4) is 0 Å². The van der Waals surface area contributed by atoms with Crippen LogP contribution in [-0.2, 0) is 0 Å². The second-order valence-corrected chi connectivity index (χ2v) is 3.78. The van der Waals surface area contributed by atoms with E-state index in [0.717, 1.165) is 5.69 Å². The van der Waals surface area contributed by atoms with Gasteiger partial charge >= 0.3 is 5.97 Å². The Balaban J connectivity index is 2.70. The Bertz CT molecular complexity index is 377. The molecule has 0 saturated carbocycles. The SMILES string of the molecule is CCC(O)CNc1ccc(C(=O)O)c(C)c1. The van der Waals surface area contributed by atoms with Gasteiger partial charge in [-0.2, -0.15) is 0 Å². The molecule has 0 amide bonds. The van der Waals surface area contributed by atoms with Crippen molar-refractivity contribution < 1.29 is 15.0 Å². The lowest BCUT2D eigenvalue weighted by atomic mass is 10.1. The van der Waals surface area contributed by atoms with Crippen LogP contribution >= 0.6 is 0 Å². The molecule has 0 fully saturated rings. The van der Waals surface area contributed by atoms with Crippen molar-refractivity contribution in [2.75, 3.05) is 11.9 Å². The number of carboxylic acids is 1. The summed E-state index contributed by atoms with van der Waals surface area (Å²) in [7, 11) is 0. The second-order valence-electron chi connectivity index (χ2n) is 3.78. The minimum Gasteiger partial charge on any atom is -0.478 e. The molecule has 1 atom stereocenters. The lowest BCUT2D eigenvalue weighted by Crippen LogP contribution is -2.18. The molecular formula is C12H17NO3. The van der Waals surface area contributed by atoms with Crippen molar-refractivity contribution in [3.8, 4) is 0 Å². The third kappa shape index (κ3) is 3.24. The first kappa shape index (κ1) is 12.5. The first-order valence-corrected chi connectivity index (χ1v) is 5.30. The molecule has 1 aromatic rings. The molecule has 88 valence electrons. The van der Waals surface area contributed by atoms with Gasteiger partial charge in [-0.1, -0.05) is 6.92 Å². The summed E-state index contributed by atoms with van der Waals surface area (Å²) < 4.78 is 0. The number of aliphatic hydroxyl groups excluding tert-OH is 1. The molecule has 0 aliphatic heterocycles. The van der Waals surface area contributed by atoms with E-state index >= 15 is 0 Å². The average Bonchev–Trinajstić information content (AvgIpc) is 2.25. The van der Waals surface area contributed by atoms with Crippen LogP contribution in [0.5, 0.6) is 0 Å². The zero-order valence-electron chi connectivity index (χ0n) is 9.53. The van der Waals surface area contributed by atoms with Crippen molar-refractivity contribution in [2.45, 2.75) is 26.4 Å². The molecule has 1 rings (SSSR count). The van der Waals surface area contributed by atoms with Crippen molar-refractivity contribution in [2.24, 2.45) is 0 Å². The summed E-state index contributed by atoms with van der Waals surface area (Å²) in [6, 6.07) is 5.04. The van der Waals surface area contributed by atoms with E-state index in [1.807, 2.05) is 6.92 Å². The van der Waals surface area contributed by atoms with Gasteiger partial charge in [0.25, 0.3) is 0 Å². The predicted molar refractivity (Wildman–Crippen MR) is 62.9 cm³/mol. The summed E-state index contributed by atoms with van der Waals surface area (Å²) in [5, 5.41) is 21.3. The van der Waals surface area contributed by atoms with Gasteiger partial charge in [-0.25, -0.2) is 4.79 Å². The second kappa shape index (κ2) is 5.51. The predicted octanol–water partition coefficient (Wildman–Crippen LogP) is 1.88. The van der Waals surface area contributed by atoms with Gasteiger partial charge in [-0.15, -0.1) is 0 Å². The molecular weight excluding hydrogens is 206 g/mol. The Morgan fingerprint density at radius 1 is 1.50 bits per heavy atom. The van der Waals surface area contributed by atoms with E-state index in [2.05, 4.69) is 5.32 Å². The van der Waals surface area contributed by atoms with Crippen LogP contribution in [0.4, 0.5) is 5.69 Å². The zero-order chi connectivity index (χ0) is 12.1. The fourth-order valence-corrected chi connectivity index (χ4v) is 1.39. The number of hydrogen-bond donors (Lipinski definition) is 3. The molecule has 4 heteroatoms. The van der Waals surface area contributed by atoms with Gasteiger partial charge in [0.05, 0.1) is 11.7 Å². The topological polar surface area (TPSA) is 69.6 Å². The summed E-state index contributed by atoms with van der Waals surface area (Å²) in [5.74, 6) is -0.919. The molecule has 0 bridgehead atoms. The van der Waals surface area contributed by atoms with Crippen molar-refractivity contribution in [3.63, 3.8) is 0 Å². The van der Waals surface area contributed by atoms with Crippen molar-refractivity contribution in [1.82, 2.24) is 0 Å². The molecule has 1 aromatic carbocycles. The monoisotopic (exact) mass is 223 g/mol. The molecule has 3 N–H and O–H groups in total. The maximum absolute atomic E-state index is 10.8. The first-order valence-electron chi connectivity index (χ1n) is 5.30. The minimum atomic E-state index is -0.919.